The van der Waals surface area contributed by atoms with E-state index in [4.69, 9.17) is 4.74 Å². The molecule has 1 amide bonds. The first-order chi connectivity index (χ1) is 7.61. The molecular formula is C12H24N2O2. The maximum Gasteiger partial charge on any atom is 0.220 e. The van der Waals surface area contributed by atoms with Gasteiger partial charge in [0.1, 0.15) is 0 Å². The minimum atomic E-state index is 0.115. The summed E-state index contributed by atoms with van der Waals surface area (Å²) in [5.74, 6) is 0.727. The Labute approximate surface area is 98.3 Å². The Bertz CT molecular complexity index is 213. The lowest BCUT2D eigenvalue weighted by Crippen LogP contribution is -2.38. The molecule has 16 heavy (non-hydrogen) atoms. The summed E-state index contributed by atoms with van der Waals surface area (Å²) in [7, 11) is 3.79. The zero-order valence-corrected chi connectivity index (χ0v) is 10.7. The van der Waals surface area contributed by atoms with Crippen LogP contribution in [0.5, 0.6) is 0 Å². The molecule has 0 saturated carbocycles. The van der Waals surface area contributed by atoms with Gasteiger partial charge in [0.05, 0.1) is 6.61 Å². The second-order valence-electron chi connectivity index (χ2n) is 4.87. The summed E-state index contributed by atoms with van der Waals surface area (Å²) in [6, 6.07) is 0.115. The highest BCUT2D eigenvalue weighted by Gasteiger charge is 2.19. The Morgan fingerprint density at radius 1 is 1.50 bits per heavy atom. The van der Waals surface area contributed by atoms with Crippen LogP contribution in [0.3, 0.4) is 0 Å². The van der Waals surface area contributed by atoms with E-state index in [1.54, 1.807) is 7.11 Å². The molecule has 0 spiro atoms. The number of carbonyl (C=O) groups excluding carboxylic acids is 1. The van der Waals surface area contributed by atoms with Gasteiger partial charge in [-0.25, -0.2) is 0 Å². The Morgan fingerprint density at radius 2 is 2.12 bits per heavy atom. The van der Waals surface area contributed by atoms with Crippen molar-refractivity contribution in [3.8, 4) is 0 Å². The molecule has 0 aromatic heterocycles. The highest BCUT2D eigenvalue weighted by Crippen LogP contribution is 2.19. The van der Waals surface area contributed by atoms with Gasteiger partial charge in [0.2, 0.25) is 5.91 Å². The van der Waals surface area contributed by atoms with Gasteiger partial charge in [-0.3, -0.25) is 4.79 Å². The summed E-state index contributed by atoms with van der Waals surface area (Å²) in [5.41, 5.74) is 0. The minimum Gasteiger partial charge on any atom is -0.383 e. The fourth-order valence-corrected chi connectivity index (χ4v) is 2.15. The first-order valence-corrected chi connectivity index (χ1v) is 6.08. The molecule has 0 bridgehead atoms. The lowest BCUT2D eigenvalue weighted by atomic mass is 9.93. The smallest absolute Gasteiger partial charge is 0.220 e. The summed E-state index contributed by atoms with van der Waals surface area (Å²) in [6.45, 7) is 4.78. The predicted molar refractivity (Wildman–Crippen MR) is 64.3 cm³/mol. The molecule has 1 saturated heterocycles. The number of amides is 1. The maximum absolute atomic E-state index is 11.7. The SMILES string of the molecule is COC[C@@H](C)NC(=O)CC1CCN(C)CC1. The van der Waals surface area contributed by atoms with Gasteiger partial charge in [-0.05, 0) is 45.8 Å². The van der Waals surface area contributed by atoms with Crippen molar-refractivity contribution < 1.29 is 9.53 Å². The second kappa shape index (κ2) is 6.86. The number of rotatable bonds is 5. The molecule has 1 aliphatic rings. The first-order valence-electron chi connectivity index (χ1n) is 6.08. The van der Waals surface area contributed by atoms with E-state index in [-0.39, 0.29) is 11.9 Å². The number of methoxy groups -OCH3 is 1. The van der Waals surface area contributed by atoms with Crippen molar-refractivity contribution in [3.05, 3.63) is 0 Å². The van der Waals surface area contributed by atoms with Crippen LogP contribution in [0, 0.1) is 5.92 Å². The number of nitrogens with zero attached hydrogens (tertiary/aromatic N) is 1. The van der Waals surface area contributed by atoms with Gasteiger partial charge in [0, 0.05) is 19.6 Å². The van der Waals surface area contributed by atoms with Crippen LogP contribution in [0.15, 0.2) is 0 Å². The largest absolute Gasteiger partial charge is 0.383 e. The van der Waals surface area contributed by atoms with Crippen molar-refractivity contribution in [3.63, 3.8) is 0 Å². The van der Waals surface area contributed by atoms with E-state index in [1.165, 1.54) is 0 Å². The van der Waals surface area contributed by atoms with Crippen molar-refractivity contribution >= 4 is 5.91 Å². The number of likely N-dealkylation sites (tertiary alicyclic amines) is 1. The minimum absolute atomic E-state index is 0.115. The molecule has 0 radical (unpaired) electrons. The quantitative estimate of drug-likeness (QED) is 0.759. The molecule has 0 aliphatic carbocycles. The molecule has 0 aromatic carbocycles. The molecule has 1 rings (SSSR count). The lowest BCUT2D eigenvalue weighted by molar-refractivity contribution is -0.123. The fourth-order valence-electron chi connectivity index (χ4n) is 2.15. The van der Waals surface area contributed by atoms with Gasteiger partial charge in [0.15, 0.2) is 0 Å². The third-order valence-electron chi connectivity index (χ3n) is 3.14. The van der Waals surface area contributed by atoms with E-state index in [1.807, 2.05) is 6.92 Å². The van der Waals surface area contributed by atoms with Crippen LogP contribution in [0.4, 0.5) is 0 Å². The molecule has 0 aromatic rings. The van der Waals surface area contributed by atoms with Crippen LogP contribution in [-0.4, -0.2) is 50.7 Å². The number of hydrogen-bond donors (Lipinski definition) is 1. The van der Waals surface area contributed by atoms with Gasteiger partial charge < -0.3 is 15.0 Å². The molecule has 4 heteroatoms. The normalized spacial score (nSPS) is 20.7. The van der Waals surface area contributed by atoms with Crippen molar-refractivity contribution in [1.29, 1.82) is 0 Å². The van der Waals surface area contributed by atoms with E-state index in [9.17, 15) is 4.79 Å². The maximum atomic E-state index is 11.7. The van der Waals surface area contributed by atoms with Crippen molar-refractivity contribution in [1.82, 2.24) is 10.2 Å². The number of hydrogen-bond acceptors (Lipinski definition) is 3. The summed E-state index contributed by atoms with van der Waals surface area (Å²) < 4.78 is 4.99. The van der Waals surface area contributed by atoms with Crippen molar-refractivity contribution in [2.75, 3.05) is 33.9 Å². The molecule has 0 unspecified atom stereocenters. The van der Waals surface area contributed by atoms with E-state index >= 15 is 0 Å². The summed E-state index contributed by atoms with van der Waals surface area (Å²) >= 11 is 0. The molecule has 1 atom stereocenters. The summed E-state index contributed by atoms with van der Waals surface area (Å²) in [5, 5.41) is 2.96. The van der Waals surface area contributed by atoms with Gasteiger partial charge in [-0.15, -0.1) is 0 Å². The molecular weight excluding hydrogens is 204 g/mol. The van der Waals surface area contributed by atoms with Crippen molar-refractivity contribution in [2.45, 2.75) is 32.2 Å². The van der Waals surface area contributed by atoms with Crippen LogP contribution in [0.25, 0.3) is 0 Å². The lowest BCUT2D eigenvalue weighted by Gasteiger charge is -2.28. The first kappa shape index (κ1) is 13.5. The predicted octanol–water partition coefficient (Wildman–Crippen LogP) is 0.869. The van der Waals surface area contributed by atoms with Crippen molar-refractivity contribution in [2.24, 2.45) is 5.92 Å². The van der Waals surface area contributed by atoms with E-state index < -0.39 is 0 Å². The molecule has 94 valence electrons. The fraction of sp³-hybridized carbons (Fsp3) is 0.917. The van der Waals surface area contributed by atoms with Gasteiger partial charge in [0.25, 0.3) is 0 Å². The third kappa shape index (κ3) is 4.94. The Balaban J connectivity index is 2.18. The monoisotopic (exact) mass is 228 g/mol. The number of nitrogens with one attached hydrogen (secondary N) is 1. The number of piperidine rings is 1. The summed E-state index contributed by atoms with van der Waals surface area (Å²) in [4.78, 5) is 14.0. The summed E-state index contributed by atoms with van der Waals surface area (Å²) in [6.07, 6.45) is 2.95. The van der Waals surface area contributed by atoms with Gasteiger partial charge in [-0.1, -0.05) is 0 Å². The zero-order chi connectivity index (χ0) is 12.0. The topological polar surface area (TPSA) is 41.6 Å². The Kier molecular flexibility index (Phi) is 5.77. The molecule has 1 heterocycles. The van der Waals surface area contributed by atoms with Crippen LogP contribution in [0.2, 0.25) is 0 Å². The zero-order valence-electron chi connectivity index (χ0n) is 10.7. The van der Waals surface area contributed by atoms with E-state index in [0.29, 0.717) is 18.9 Å². The Hall–Kier alpha value is -0.610. The second-order valence-corrected chi connectivity index (χ2v) is 4.87. The standard InChI is InChI=1S/C12H24N2O2/c1-10(9-16-3)13-12(15)8-11-4-6-14(2)7-5-11/h10-11H,4-9H2,1-3H3,(H,13,15)/t10-/m1/s1. The molecule has 1 N–H and O–H groups in total. The third-order valence-corrected chi connectivity index (χ3v) is 3.14. The van der Waals surface area contributed by atoms with Gasteiger partial charge in [-0.2, -0.15) is 0 Å². The highest BCUT2D eigenvalue weighted by atomic mass is 16.5. The van der Waals surface area contributed by atoms with Crippen LogP contribution < -0.4 is 5.32 Å². The average Bonchev–Trinajstić information content (AvgIpc) is 2.21. The van der Waals surface area contributed by atoms with Crippen LogP contribution in [-0.2, 0) is 9.53 Å². The van der Waals surface area contributed by atoms with E-state index in [2.05, 4.69) is 17.3 Å². The number of ether oxygens (including phenoxy) is 1. The van der Waals surface area contributed by atoms with E-state index in [0.717, 1.165) is 25.9 Å². The van der Waals surface area contributed by atoms with Crippen LogP contribution in [0.1, 0.15) is 26.2 Å². The molecule has 1 aliphatic heterocycles. The highest BCUT2D eigenvalue weighted by molar-refractivity contribution is 5.76. The van der Waals surface area contributed by atoms with Gasteiger partial charge >= 0.3 is 0 Å². The van der Waals surface area contributed by atoms with Crippen LogP contribution >= 0.6 is 0 Å². The average molecular weight is 228 g/mol. The molecule has 4 nitrogen and oxygen atoms in total. The number of carbonyl (C=O) groups is 1. The molecule has 1 fully saturated rings. The Morgan fingerprint density at radius 3 is 2.69 bits per heavy atom.